The minimum atomic E-state index is -3.46. The van der Waals surface area contributed by atoms with E-state index in [4.69, 9.17) is 9.88 Å². The van der Waals surface area contributed by atoms with Crippen LogP contribution < -0.4 is 15.2 Å². The van der Waals surface area contributed by atoms with Gasteiger partial charge in [0.15, 0.2) is 0 Å². The number of primary sulfonamides is 1. The Bertz CT molecular complexity index is 591. The molecule has 1 fully saturated rings. The predicted molar refractivity (Wildman–Crippen MR) is 79.3 cm³/mol. The third-order valence-corrected chi connectivity index (χ3v) is 5.23. The van der Waals surface area contributed by atoms with Crippen LogP contribution in [0.5, 0.6) is 5.75 Å². The Kier molecular flexibility index (Phi) is 4.36. The molecular formula is C14H22N2O3S. The summed E-state index contributed by atoms with van der Waals surface area (Å²) in [5, 5.41) is 8.01. The molecule has 1 aromatic rings. The average Bonchev–Trinajstić information content (AvgIpc) is 2.37. The van der Waals surface area contributed by atoms with Gasteiger partial charge in [0, 0.05) is 18.2 Å². The van der Waals surface area contributed by atoms with Crippen LogP contribution in [0.2, 0.25) is 0 Å². The van der Waals surface area contributed by atoms with Crippen molar-refractivity contribution in [1.29, 1.82) is 0 Å². The number of nitrogens with one attached hydrogen (secondary N) is 1. The molecule has 0 spiro atoms. The molecule has 0 aromatic heterocycles. The van der Waals surface area contributed by atoms with Gasteiger partial charge >= 0.3 is 0 Å². The van der Waals surface area contributed by atoms with Gasteiger partial charge in [-0.05, 0) is 43.9 Å². The molecule has 1 saturated heterocycles. The van der Waals surface area contributed by atoms with Crippen molar-refractivity contribution in [2.75, 3.05) is 13.7 Å². The summed E-state index contributed by atoms with van der Waals surface area (Å²) in [5.74, 6) is 0.856. The van der Waals surface area contributed by atoms with Crippen molar-refractivity contribution in [2.45, 2.75) is 38.0 Å². The number of ether oxygens (including phenoxy) is 1. The molecule has 1 aliphatic heterocycles. The molecule has 5 nitrogen and oxygen atoms in total. The van der Waals surface area contributed by atoms with E-state index in [1.165, 1.54) is 0 Å². The molecule has 2 unspecified atom stereocenters. The number of rotatable bonds is 3. The predicted octanol–water partition coefficient (Wildman–Crippen LogP) is 1.39. The lowest BCUT2D eigenvalue weighted by molar-refractivity contribution is 0.371. The molecule has 1 aliphatic rings. The lowest BCUT2D eigenvalue weighted by atomic mass is 9.92. The zero-order chi connectivity index (χ0) is 14.9. The van der Waals surface area contributed by atoms with Crippen molar-refractivity contribution in [2.24, 2.45) is 5.14 Å². The lowest BCUT2D eigenvalue weighted by Crippen LogP contribution is -2.43. The van der Waals surface area contributed by atoms with Crippen molar-refractivity contribution in [3.63, 3.8) is 0 Å². The molecule has 20 heavy (non-hydrogen) atoms. The van der Waals surface area contributed by atoms with Crippen LogP contribution in [0.3, 0.4) is 0 Å². The molecular weight excluding hydrogens is 276 g/mol. The van der Waals surface area contributed by atoms with Gasteiger partial charge in [0.2, 0.25) is 10.0 Å². The number of sulfonamides is 1. The van der Waals surface area contributed by atoms with Crippen molar-refractivity contribution in [3.05, 3.63) is 28.8 Å². The van der Waals surface area contributed by atoms with Crippen molar-refractivity contribution < 1.29 is 13.2 Å². The van der Waals surface area contributed by atoms with E-state index in [1.54, 1.807) is 7.11 Å². The zero-order valence-corrected chi connectivity index (χ0v) is 13.0. The molecule has 0 radical (unpaired) electrons. The van der Waals surface area contributed by atoms with E-state index >= 15 is 0 Å². The Hall–Kier alpha value is -1.11. The van der Waals surface area contributed by atoms with Crippen LogP contribution in [0.15, 0.2) is 12.1 Å². The highest BCUT2D eigenvalue weighted by atomic mass is 32.2. The van der Waals surface area contributed by atoms with Crippen LogP contribution in [0, 0.1) is 13.8 Å². The van der Waals surface area contributed by atoms with E-state index in [1.807, 2.05) is 13.0 Å². The highest BCUT2D eigenvalue weighted by Crippen LogP contribution is 2.34. The van der Waals surface area contributed by atoms with Crippen LogP contribution >= 0.6 is 0 Å². The third-order valence-electron chi connectivity index (χ3n) is 3.90. The number of nitrogens with two attached hydrogens (primary N) is 1. The standard InChI is InChI=1S/C14H22N2O3S/c1-9-6-10(2)14(13(7-9)19-3)12-5-4-11(8-16-12)20(15,17)18/h6-7,11-12,16H,4-5,8H2,1-3H3,(H2,15,17,18). The van der Waals surface area contributed by atoms with Crippen LogP contribution in [-0.4, -0.2) is 27.3 Å². The fourth-order valence-corrected chi connectivity index (χ4v) is 3.71. The quantitative estimate of drug-likeness (QED) is 0.883. The Balaban J connectivity index is 2.23. The van der Waals surface area contributed by atoms with Gasteiger partial charge in [-0.2, -0.15) is 0 Å². The van der Waals surface area contributed by atoms with Crippen molar-refractivity contribution in [3.8, 4) is 5.75 Å². The second-order valence-electron chi connectivity index (χ2n) is 5.45. The van der Waals surface area contributed by atoms with Gasteiger partial charge in [-0.1, -0.05) is 6.07 Å². The number of hydrogen-bond donors (Lipinski definition) is 2. The molecule has 0 aliphatic carbocycles. The fourth-order valence-electron chi connectivity index (χ4n) is 2.91. The van der Waals surface area contributed by atoms with Crippen molar-refractivity contribution in [1.82, 2.24) is 5.32 Å². The summed E-state index contributed by atoms with van der Waals surface area (Å²) in [6.07, 6.45) is 1.31. The van der Waals surface area contributed by atoms with Crippen LogP contribution in [0.4, 0.5) is 0 Å². The van der Waals surface area contributed by atoms with Gasteiger partial charge in [-0.25, -0.2) is 13.6 Å². The number of aryl methyl sites for hydroxylation is 2. The maximum Gasteiger partial charge on any atom is 0.213 e. The summed E-state index contributed by atoms with van der Waals surface area (Å²) in [6.45, 7) is 4.48. The molecule has 0 bridgehead atoms. The molecule has 6 heteroatoms. The minimum absolute atomic E-state index is 0.114. The summed E-state index contributed by atoms with van der Waals surface area (Å²) < 4.78 is 28.2. The zero-order valence-electron chi connectivity index (χ0n) is 12.1. The Morgan fingerprint density at radius 2 is 2.00 bits per heavy atom. The van der Waals surface area contributed by atoms with Gasteiger partial charge in [-0.3, -0.25) is 0 Å². The van der Waals surface area contributed by atoms with Crippen LogP contribution in [0.1, 0.15) is 35.6 Å². The maximum atomic E-state index is 11.4. The Morgan fingerprint density at radius 1 is 1.30 bits per heavy atom. The molecule has 0 saturated carbocycles. The summed E-state index contributed by atoms with van der Waals surface area (Å²) in [6, 6.07) is 4.24. The lowest BCUT2D eigenvalue weighted by Gasteiger charge is -2.31. The Labute approximate surface area is 120 Å². The van der Waals surface area contributed by atoms with E-state index in [0.29, 0.717) is 13.0 Å². The number of hydrogen-bond acceptors (Lipinski definition) is 4. The van der Waals surface area contributed by atoms with Gasteiger partial charge in [0.25, 0.3) is 0 Å². The smallest absolute Gasteiger partial charge is 0.213 e. The fraction of sp³-hybridized carbons (Fsp3) is 0.571. The van der Waals surface area contributed by atoms with Gasteiger partial charge in [-0.15, -0.1) is 0 Å². The molecule has 3 N–H and O–H groups in total. The monoisotopic (exact) mass is 298 g/mol. The largest absolute Gasteiger partial charge is 0.496 e. The first-order valence-corrected chi connectivity index (χ1v) is 8.34. The van der Waals surface area contributed by atoms with E-state index in [0.717, 1.165) is 28.9 Å². The second-order valence-corrected chi connectivity index (χ2v) is 7.29. The number of piperidine rings is 1. The summed E-state index contributed by atoms with van der Waals surface area (Å²) in [7, 11) is -1.80. The first kappa shape index (κ1) is 15.3. The number of methoxy groups -OCH3 is 1. The van der Waals surface area contributed by atoms with Gasteiger partial charge in [0.1, 0.15) is 5.75 Å². The molecule has 0 amide bonds. The van der Waals surface area contributed by atoms with E-state index in [2.05, 4.69) is 18.3 Å². The highest BCUT2D eigenvalue weighted by Gasteiger charge is 2.30. The topological polar surface area (TPSA) is 81.4 Å². The molecule has 2 atom stereocenters. The maximum absolute atomic E-state index is 11.4. The van der Waals surface area contributed by atoms with Crippen molar-refractivity contribution >= 4 is 10.0 Å². The summed E-state index contributed by atoms with van der Waals surface area (Å²) in [5.41, 5.74) is 3.43. The molecule has 112 valence electrons. The SMILES string of the molecule is COc1cc(C)cc(C)c1C1CCC(S(N)(=O)=O)CN1. The molecule has 2 rings (SSSR count). The van der Waals surface area contributed by atoms with E-state index in [9.17, 15) is 8.42 Å². The highest BCUT2D eigenvalue weighted by molar-refractivity contribution is 7.89. The third kappa shape index (κ3) is 3.13. The first-order valence-electron chi connectivity index (χ1n) is 6.73. The minimum Gasteiger partial charge on any atom is -0.496 e. The van der Waals surface area contributed by atoms with E-state index < -0.39 is 15.3 Å². The van der Waals surface area contributed by atoms with E-state index in [-0.39, 0.29) is 6.04 Å². The van der Waals surface area contributed by atoms with Gasteiger partial charge < -0.3 is 10.1 Å². The summed E-state index contributed by atoms with van der Waals surface area (Å²) in [4.78, 5) is 0. The average molecular weight is 298 g/mol. The second kappa shape index (κ2) is 5.71. The van der Waals surface area contributed by atoms with Crippen LogP contribution in [-0.2, 0) is 10.0 Å². The van der Waals surface area contributed by atoms with Gasteiger partial charge in [0.05, 0.1) is 12.4 Å². The first-order chi connectivity index (χ1) is 9.32. The summed E-state index contributed by atoms with van der Waals surface area (Å²) >= 11 is 0. The Morgan fingerprint density at radius 3 is 2.50 bits per heavy atom. The molecule has 1 aromatic carbocycles. The normalized spacial score (nSPS) is 23.6. The van der Waals surface area contributed by atoms with Crippen LogP contribution in [0.25, 0.3) is 0 Å². The number of benzene rings is 1. The molecule has 1 heterocycles.